The van der Waals surface area contributed by atoms with Gasteiger partial charge < -0.3 is 24.2 Å². The summed E-state index contributed by atoms with van der Waals surface area (Å²) >= 11 is 0. The molecule has 7 nitrogen and oxygen atoms in total. The molecule has 2 fully saturated rings. The molecule has 4 rings (SSSR count). The highest BCUT2D eigenvalue weighted by Crippen LogP contribution is 2.63. The SMILES string of the molecule is CC1=C[C@]23C(=O)[C@@H](C=C4COC(C)(C)O[C@H]4[C@]2(O)[C@H]1OC(=O)N(C)C)C(C)(C)[C@@H](C)C[C@H]3C. The van der Waals surface area contributed by atoms with E-state index in [2.05, 4.69) is 20.8 Å². The number of aliphatic hydroxyl groups is 1. The molecule has 1 spiro atoms. The van der Waals surface area contributed by atoms with Crippen molar-refractivity contribution in [2.45, 2.75) is 78.5 Å². The molecule has 3 aliphatic carbocycles. The van der Waals surface area contributed by atoms with Crippen molar-refractivity contribution in [1.82, 2.24) is 4.90 Å². The van der Waals surface area contributed by atoms with E-state index in [0.717, 1.165) is 12.0 Å². The van der Waals surface area contributed by atoms with E-state index in [1.165, 1.54) is 4.90 Å². The predicted molar refractivity (Wildman–Crippen MR) is 123 cm³/mol. The highest BCUT2D eigenvalue weighted by molar-refractivity contribution is 5.95. The lowest BCUT2D eigenvalue weighted by molar-refractivity contribution is -0.303. The summed E-state index contributed by atoms with van der Waals surface area (Å²) in [4.78, 5) is 28.6. The lowest BCUT2D eigenvalue weighted by atomic mass is 9.59. The van der Waals surface area contributed by atoms with Crippen LogP contribution in [0, 0.1) is 28.6 Å². The molecule has 7 atom stereocenters. The molecule has 4 aliphatic rings. The highest BCUT2D eigenvalue weighted by Gasteiger charge is 2.74. The lowest BCUT2D eigenvalue weighted by Crippen LogP contribution is -2.68. The molecular formula is C26H39NO6. The number of allylic oxidation sites excluding steroid dienone is 1. The molecular weight excluding hydrogens is 422 g/mol. The molecule has 1 saturated carbocycles. The van der Waals surface area contributed by atoms with Gasteiger partial charge in [0.25, 0.3) is 0 Å². The summed E-state index contributed by atoms with van der Waals surface area (Å²) in [6.07, 6.45) is 2.18. The average molecular weight is 462 g/mol. The zero-order valence-electron chi connectivity index (χ0n) is 21.4. The van der Waals surface area contributed by atoms with Crippen LogP contribution in [0.25, 0.3) is 0 Å². The molecule has 1 amide bonds. The third-order valence-electron chi connectivity index (χ3n) is 8.87. The van der Waals surface area contributed by atoms with Gasteiger partial charge in [-0.2, -0.15) is 0 Å². The van der Waals surface area contributed by atoms with E-state index in [9.17, 15) is 14.7 Å². The maximum absolute atomic E-state index is 14.5. The molecule has 0 aromatic carbocycles. The largest absolute Gasteiger partial charge is 0.438 e. The molecule has 1 heterocycles. The number of hydrogen-bond acceptors (Lipinski definition) is 6. The number of fused-ring (bicyclic) bond motifs is 3. The molecule has 0 unspecified atom stereocenters. The molecule has 33 heavy (non-hydrogen) atoms. The van der Waals surface area contributed by atoms with Gasteiger partial charge in [-0.3, -0.25) is 4.79 Å². The minimum absolute atomic E-state index is 0.0297. The van der Waals surface area contributed by atoms with Crippen LogP contribution in [0.5, 0.6) is 0 Å². The Kier molecular flexibility index (Phi) is 5.48. The fraction of sp³-hybridized carbons (Fsp3) is 0.769. The Morgan fingerprint density at radius 2 is 1.82 bits per heavy atom. The van der Waals surface area contributed by atoms with Gasteiger partial charge >= 0.3 is 6.09 Å². The van der Waals surface area contributed by atoms with Gasteiger partial charge in [-0.05, 0) is 55.6 Å². The maximum Gasteiger partial charge on any atom is 0.409 e. The molecule has 7 heteroatoms. The van der Waals surface area contributed by atoms with Crippen molar-refractivity contribution in [3.63, 3.8) is 0 Å². The van der Waals surface area contributed by atoms with Gasteiger partial charge in [0, 0.05) is 20.0 Å². The first kappa shape index (κ1) is 24.4. The number of hydrogen-bond donors (Lipinski definition) is 1. The van der Waals surface area contributed by atoms with E-state index >= 15 is 0 Å². The van der Waals surface area contributed by atoms with Crippen LogP contribution in [-0.4, -0.2) is 66.2 Å². The number of rotatable bonds is 1. The van der Waals surface area contributed by atoms with Crippen molar-refractivity contribution in [1.29, 1.82) is 0 Å². The van der Waals surface area contributed by atoms with Crippen LogP contribution in [0.1, 0.15) is 54.9 Å². The Balaban J connectivity index is 2.00. The summed E-state index contributed by atoms with van der Waals surface area (Å²) in [5, 5.41) is 12.8. The van der Waals surface area contributed by atoms with Gasteiger partial charge in [-0.15, -0.1) is 0 Å². The van der Waals surface area contributed by atoms with Crippen LogP contribution in [-0.2, 0) is 19.0 Å². The number of carbonyl (C=O) groups excluding carboxylic acids is 2. The number of ether oxygens (including phenoxy) is 3. The smallest absolute Gasteiger partial charge is 0.409 e. The summed E-state index contributed by atoms with van der Waals surface area (Å²) in [7, 11) is 3.20. The minimum Gasteiger partial charge on any atom is -0.438 e. The summed E-state index contributed by atoms with van der Waals surface area (Å²) in [6.45, 7) is 14.2. The van der Waals surface area contributed by atoms with Crippen LogP contribution >= 0.6 is 0 Å². The van der Waals surface area contributed by atoms with E-state index in [0.29, 0.717) is 5.57 Å². The predicted octanol–water partition coefficient (Wildman–Crippen LogP) is 3.71. The van der Waals surface area contributed by atoms with Crippen LogP contribution in [0.3, 0.4) is 0 Å². The quantitative estimate of drug-likeness (QED) is 0.599. The van der Waals surface area contributed by atoms with Crippen molar-refractivity contribution in [3.05, 3.63) is 23.3 Å². The van der Waals surface area contributed by atoms with Crippen molar-refractivity contribution in [2.75, 3.05) is 20.7 Å². The second-order valence-corrected chi connectivity index (χ2v) is 11.9. The Morgan fingerprint density at radius 1 is 1.18 bits per heavy atom. The van der Waals surface area contributed by atoms with Gasteiger partial charge in [0.15, 0.2) is 23.3 Å². The summed E-state index contributed by atoms with van der Waals surface area (Å²) in [5.74, 6) is -1.37. The summed E-state index contributed by atoms with van der Waals surface area (Å²) in [6, 6.07) is 0. The van der Waals surface area contributed by atoms with Crippen LogP contribution in [0.15, 0.2) is 23.3 Å². The summed E-state index contributed by atoms with van der Waals surface area (Å²) in [5.41, 5.74) is -1.96. The van der Waals surface area contributed by atoms with Crippen LogP contribution in [0.4, 0.5) is 4.79 Å². The molecule has 0 aromatic rings. The third kappa shape index (κ3) is 3.18. The van der Waals surface area contributed by atoms with Crippen molar-refractivity contribution in [3.8, 4) is 0 Å². The van der Waals surface area contributed by atoms with Crippen LogP contribution in [0.2, 0.25) is 0 Å². The van der Waals surface area contributed by atoms with E-state index in [1.54, 1.807) is 27.9 Å². The Morgan fingerprint density at radius 3 is 2.42 bits per heavy atom. The normalized spacial score (nSPS) is 43.3. The lowest BCUT2D eigenvalue weighted by Gasteiger charge is -2.52. The fourth-order valence-electron chi connectivity index (χ4n) is 6.57. The summed E-state index contributed by atoms with van der Waals surface area (Å²) < 4.78 is 18.3. The van der Waals surface area contributed by atoms with E-state index < -0.39 is 41.0 Å². The number of Topliss-reactive ketones (excluding diaryl/α,β-unsaturated/α-hetero) is 1. The first-order valence-corrected chi connectivity index (χ1v) is 12.0. The van der Waals surface area contributed by atoms with Crippen LogP contribution < -0.4 is 0 Å². The van der Waals surface area contributed by atoms with Crippen molar-refractivity contribution < 1.29 is 28.9 Å². The Hall–Kier alpha value is -1.70. The van der Waals surface area contributed by atoms with Crippen molar-refractivity contribution >= 4 is 11.9 Å². The number of nitrogens with zero attached hydrogens (tertiary/aromatic N) is 1. The van der Waals surface area contributed by atoms with Gasteiger partial charge in [0.2, 0.25) is 0 Å². The first-order chi connectivity index (χ1) is 15.1. The van der Waals surface area contributed by atoms with Gasteiger partial charge in [0.1, 0.15) is 6.10 Å². The molecule has 1 N–H and O–H groups in total. The molecule has 0 radical (unpaired) electrons. The second-order valence-electron chi connectivity index (χ2n) is 11.9. The van der Waals surface area contributed by atoms with E-state index in [1.807, 2.05) is 26.0 Å². The maximum atomic E-state index is 14.5. The zero-order chi connectivity index (χ0) is 24.7. The zero-order valence-corrected chi connectivity index (χ0v) is 21.4. The number of carbonyl (C=O) groups is 2. The average Bonchev–Trinajstić information content (AvgIpc) is 2.87. The Bertz CT molecular complexity index is 933. The Labute approximate surface area is 197 Å². The standard InChI is InChI=1S/C26H39NO6/c1-14-12-25-16(3)10-15(2)23(4,5)18(19(25)28)11-17-13-31-24(6,7)33-21(17)26(25,30)20(14)32-22(29)27(8)9/h11-12,15-16,18,20-21,30H,10,13H2,1-9H3/t15-,16+,18+,20-,21+,25-,26+/m0/s1. The topological polar surface area (TPSA) is 85.3 Å². The monoisotopic (exact) mass is 461 g/mol. The molecule has 184 valence electrons. The highest BCUT2D eigenvalue weighted by atomic mass is 16.7. The fourth-order valence-corrected chi connectivity index (χ4v) is 6.57. The van der Waals surface area contributed by atoms with Gasteiger partial charge in [-0.25, -0.2) is 4.79 Å². The van der Waals surface area contributed by atoms with Gasteiger partial charge in [0.05, 0.1) is 12.0 Å². The molecule has 1 saturated heterocycles. The van der Waals surface area contributed by atoms with Crippen molar-refractivity contribution in [2.24, 2.45) is 28.6 Å². The van der Waals surface area contributed by atoms with E-state index in [-0.39, 0.29) is 29.6 Å². The molecule has 0 aromatic heterocycles. The first-order valence-electron chi connectivity index (χ1n) is 12.0. The molecule has 1 aliphatic heterocycles. The molecule has 2 bridgehead atoms. The van der Waals surface area contributed by atoms with Gasteiger partial charge in [-0.1, -0.05) is 39.8 Å². The third-order valence-corrected chi connectivity index (χ3v) is 8.87. The minimum atomic E-state index is -1.79. The second kappa shape index (κ2) is 7.40. The number of amides is 1. The number of ketones is 1. The van der Waals surface area contributed by atoms with E-state index in [4.69, 9.17) is 14.2 Å².